The molecule has 2 heterocycles. The number of nitrogens with zero attached hydrogens (tertiary/aromatic N) is 3. The van der Waals surface area contributed by atoms with Crippen molar-refractivity contribution in [2.45, 2.75) is 6.92 Å². The maximum atomic E-state index is 11.6. The molecule has 1 aliphatic rings. The van der Waals surface area contributed by atoms with Crippen molar-refractivity contribution in [2.24, 2.45) is 0 Å². The fraction of sp³-hybridized carbons (Fsp3) is 0.167. The molecule has 2 aromatic carbocycles. The summed E-state index contributed by atoms with van der Waals surface area (Å²) in [5.74, 6) is 0.135. The zero-order valence-electron chi connectivity index (χ0n) is 13.5. The summed E-state index contributed by atoms with van der Waals surface area (Å²) in [6.07, 6.45) is 0. The van der Waals surface area contributed by atoms with E-state index in [1.165, 1.54) is 4.68 Å². The van der Waals surface area contributed by atoms with Gasteiger partial charge in [-0.25, -0.2) is 9.48 Å². The lowest BCUT2D eigenvalue weighted by atomic mass is 10.1. The topological polar surface area (TPSA) is 86.5 Å². The largest absolute Gasteiger partial charge is 0.486 e. The Balaban J connectivity index is 1.88. The van der Waals surface area contributed by atoms with Gasteiger partial charge in [0.2, 0.25) is 0 Å². The van der Waals surface area contributed by atoms with E-state index >= 15 is 0 Å². The standard InChI is InChI=1S/C18H15N3O4/c1-11-2-4-12(5-3-11)17-16(18(22)23)19-20-21(17)13-6-7-14-15(10-13)25-9-8-24-14/h2-7,10H,8-9H2,1H3,(H,22,23). The Morgan fingerprint density at radius 2 is 1.80 bits per heavy atom. The zero-order valence-corrected chi connectivity index (χ0v) is 13.5. The number of aryl methyl sites for hydroxylation is 1. The molecule has 0 saturated carbocycles. The van der Waals surface area contributed by atoms with Gasteiger partial charge in [-0.2, -0.15) is 0 Å². The monoisotopic (exact) mass is 337 g/mol. The number of rotatable bonds is 3. The predicted molar refractivity (Wildman–Crippen MR) is 89.5 cm³/mol. The second kappa shape index (κ2) is 5.94. The smallest absolute Gasteiger partial charge is 0.358 e. The van der Waals surface area contributed by atoms with Gasteiger partial charge in [-0.05, 0) is 19.1 Å². The van der Waals surface area contributed by atoms with Crippen LogP contribution in [0, 0.1) is 6.92 Å². The number of benzene rings is 2. The fourth-order valence-electron chi connectivity index (χ4n) is 2.74. The van der Waals surface area contributed by atoms with E-state index in [2.05, 4.69) is 10.3 Å². The summed E-state index contributed by atoms with van der Waals surface area (Å²) in [7, 11) is 0. The number of fused-ring (bicyclic) bond motifs is 1. The first-order valence-electron chi connectivity index (χ1n) is 7.79. The molecule has 7 heteroatoms. The summed E-state index contributed by atoms with van der Waals surface area (Å²) in [4.78, 5) is 11.6. The van der Waals surface area contributed by atoms with E-state index in [0.717, 1.165) is 11.1 Å². The zero-order chi connectivity index (χ0) is 17.4. The minimum absolute atomic E-state index is 0.0984. The Kier molecular flexibility index (Phi) is 3.61. The third kappa shape index (κ3) is 2.69. The van der Waals surface area contributed by atoms with Crippen molar-refractivity contribution < 1.29 is 19.4 Å². The Morgan fingerprint density at radius 3 is 2.52 bits per heavy atom. The van der Waals surface area contributed by atoms with Gasteiger partial charge in [0.1, 0.15) is 18.9 Å². The van der Waals surface area contributed by atoms with E-state index in [4.69, 9.17) is 9.47 Å². The van der Waals surface area contributed by atoms with Crippen LogP contribution in [0.15, 0.2) is 42.5 Å². The number of aromatic nitrogens is 3. The number of carboxylic acid groups (broad SMARTS) is 1. The van der Waals surface area contributed by atoms with Crippen molar-refractivity contribution in [3.63, 3.8) is 0 Å². The molecule has 7 nitrogen and oxygen atoms in total. The second-order valence-electron chi connectivity index (χ2n) is 5.70. The number of carboxylic acids is 1. The molecule has 0 aliphatic carbocycles. The van der Waals surface area contributed by atoms with Crippen molar-refractivity contribution in [1.82, 2.24) is 15.0 Å². The molecule has 0 spiro atoms. The molecule has 0 unspecified atom stereocenters. The summed E-state index contributed by atoms with van der Waals surface area (Å²) >= 11 is 0. The normalized spacial score (nSPS) is 12.8. The van der Waals surface area contributed by atoms with Gasteiger partial charge in [0, 0.05) is 11.6 Å². The van der Waals surface area contributed by atoms with Crippen LogP contribution in [0.1, 0.15) is 16.1 Å². The lowest BCUT2D eigenvalue weighted by Crippen LogP contribution is -2.15. The molecule has 0 radical (unpaired) electrons. The molecule has 0 amide bonds. The van der Waals surface area contributed by atoms with E-state index in [1.807, 2.05) is 31.2 Å². The Hall–Kier alpha value is -3.35. The van der Waals surface area contributed by atoms with Crippen LogP contribution in [0.3, 0.4) is 0 Å². The Morgan fingerprint density at radius 1 is 1.08 bits per heavy atom. The van der Waals surface area contributed by atoms with E-state index in [-0.39, 0.29) is 5.69 Å². The average Bonchev–Trinajstić information content (AvgIpc) is 3.07. The molecule has 1 aliphatic heterocycles. The molecular weight excluding hydrogens is 322 g/mol. The molecule has 126 valence electrons. The van der Waals surface area contributed by atoms with Gasteiger partial charge in [0.05, 0.1) is 5.69 Å². The number of carbonyl (C=O) groups is 1. The van der Waals surface area contributed by atoms with Gasteiger partial charge in [-0.3, -0.25) is 0 Å². The highest BCUT2D eigenvalue weighted by atomic mass is 16.6. The third-order valence-electron chi connectivity index (χ3n) is 3.97. The van der Waals surface area contributed by atoms with E-state index in [9.17, 15) is 9.90 Å². The minimum atomic E-state index is -1.13. The molecule has 1 N–H and O–H groups in total. The maximum absolute atomic E-state index is 11.6. The summed E-state index contributed by atoms with van der Waals surface area (Å²) in [5, 5.41) is 17.4. The number of ether oxygens (including phenoxy) is 2. The SMILES string of the molecule is Cc1ccc(-c2c(C(=O)O)nnn2-c2ccc3c(c2)OCCO3)cc1. The molecule has 0 bridgehead atoms. The number of hydrogen-bond acceptors (Lipinski definition) is 5. The molecule has 0 atom stereocenters. The molecule has 25 heavy (non-hydrogen) atoms. The van der Waals surface area contributed by atoms with Crippen molar-refractivity contribution in [3.05, 3.63) is 53.7 Å². The average molecular weight is 337 g/mol. The molecule has 3 aromatic rings. The van der Waals surface area contributed by atoms with E-state index < -0.39 is 5.97 Å². The first kappa shape index (κ1) is 15.2. The summed E-state index contributed by atoms with van der Waals surface area (Å²) in [6, 6.07) is 12.9. The minimum Gasteiger partial charge on any atom is -0.486 e. The molecular formula is C18H15N3O4. The molecule has 1 aromatic heterocycles. The van der Waals surface area contributed by atoms with Crippen molar-refractivity contribution in [2.75, 3.05) is 13.2 Å². The van der Waals surface area contributed by atoms with Crippen LogP contribution in [0.4, 0.5) is 0 Å². The highest BCUT2D eigenvalue weighted by molar-refractivity contribution is 5.93. The second-order valence-corrected chi connectivity index (χ2v) is 5.70. The van der Waals surface area contributed by atoms with Gasteiger partial charge < -0.3 is 14.6 Å². The van der Waals surface area contributed by atoms with Crippen LogP contribution in [0.5, 0.6) is 11.5 Å². The van der Waals surface area contributed by atoms with Crippen LogP contribution in [-0.4, -0.2) is 39.3 Å². The van der Waals surface area contributed by atoms with Crippen molar-refractivity contribution in [1.29, 1.82) is 0 Å². The first-order chi connectivity index (χ1) is 12.1. The lowest BCUT2D eigenvalue weighted by molar-refractivity contribution is 0.0691. The number of hydrogen-bond donors (Lipinski definition) is 1. The van der Waals surface area contributed by atoms with Gasteiger partial charge in [-0.1, -0.05) is 35.0 Å². The highest BCUT2D eigenvalue weighted by Gasteiger charge is 2.22. The highest BCUT2D eigenvalue weighted by Crippen LogP contribution is 2.33. The maximum Gasteiger partial charge on any atom is 0.358 e. The van der Waals surface area contributed by atoms with Gasteiger partial charge in [0.15, 0.2) is 17.2 Å². The van der Waals surface area contributed by atoms with Crippen LogP contribution in [0.2, 0.25) is 0 Å². The van der Waals surface area contributed by atoms with E-state index in [1.54, 1.807) is 18.2 Å². The third-order valence-corrected chi connectivity index (χ3v) is 3.97. The molecule has 0 fully saturated rings. The predicted octanol–water partition coefficient (Wildman–Crippen LogP) is 2.71. The number of aromatic carboxylic acids is 1. The van der Waals surface area contributed by atoms with Crippen LogP contribution < -0.4 is 9.47 Å². The molecule has 0 saturated heterocycles. The first-order valence-corrected chi connectivity index (χ1v) is 7.79. The van der Waals surface area contributed by atoms with Crippen LogP contribution in [0.25, 0.3) is 16.9 Å². The van der Waals surface area contributed by atoms with Crippen molar-refractivity contribution >= 4 is 5.97 Å². The van der Waals surface area contributed by atoms with Crippen LogP contribution in [-0.2, 0) is 0 Å². The Bertz CT molecular complexity index is 947. The summed E-state index contributed by atoms with van der Waals surface area (Å²) in [6.45, 7) is 2.95. The summed E-state index contributed by atoms with van der Waals surface area (Å²) in [5.41, 5.74) is 2.78. The van der Waals surface area contributed by atoms with Crippen molar-refractivity contribution in [3.8, 4) is 28.4 Å². The molecule has 4 rings (SSSR count). The van der Waals surface area contributed by atoms with Crippen LogP contribution >= 0.6 is 0 Å². The van der Waals surface area contributed by atoms with Gasteiger partial charge in [-0.15, -0.1) is 5.10 Å². The quantitative estimate of drug-likeness (QED) is 0.791. The summed E-state index contributed by atoms with van der Waals surface area (Å²) < 4.78 is 12.6. The Labute approximate surface area is 143 Å². The lowest BCUT2D eigenvalue weighted by Gasteiger charge is -2.19. The van der Waals surface area contributed by atoms with Gasteiger partial charge in [0.25, 0.3) is 0 Å². The van der Waals surface area contributed by atoms with E-state index in [0.29, 0.717) is 36.1 Å². The van der Waals surface area contributed by atoms with Gasteiger partial charge >= 0.3 is 5.97 Å². The fourth-order valence-corrected chi connectivity index (χ4v) is 2.74.